The minimum Gasteiger partial charge on any atom is -0.398 e. The molecule has 1 aromatic carbocycles. The molecule has 0 saturated carbocycles. The van der Waals surface area contributed by atoms with Crippen molar-refractivity contribution in [3.63, 3.8) is 0 Å². The molecule has 0 saturated heterocycles. The van der Waals surface area contributed by atoms with Gasteiger partial charge in [0.25, 0.3) is 0 Å². The molecule has 0 fully saturated rings. The second-order valence-corrected chi connectivity index (χ2v) is 3.10. The fourth-order valence-corrected chi connectivity index (χ4v) is 1.31. The third-order valence-corrected chi connectivity index (χ3v) is 2.11. The number of aliphatic hydroxyl groups is 1. The standard InChI is InChI=1S/C10H9ClN2O2/c1-15-13-9(6-12)10(14)7-4-2-3-5-8(7)11/h2-5,10,14H,1H3/b13-9+/t10-/m1/s1. The van der Waals surface area contributed by atoms with E-state index in [-0.39, 0.29) is 5.71 Å². The summed E-state index contributed by atoms with van der Waals surface area (Å²) >= 11 is 5.86. The Kier molecular flexibility index (Phi) is 4.10. The van der Waals surface area contributed by atoms with Crippen LogP contribution in [0, 0.1) is 11.3 Å². The van der Waals surface area contributed by atoms with Gasteiger partial charge in [0, 0.05) is 10.6 Å². The van der Waals surface area contributed by atoms with Crippen molar-refractivity contribution in [1.29, 1.82) is 5.26 Å². The van der Waals surface area contributed by atoms with E-state index in [0.717, 1.165) is 0 Å². The Bertz CT molecular complexity index is 412. The van der Waals surface area contributed by atoms with Crippen LogP contribution in [0.5, 0.6) is 0 Å². The van der Waals surface area contributed by atoms with E-state index in [2.05, 4.69) is 9.99 Å². The second-order valence-electron chi connectivity index (χ2n) is 2.69. The fourth-order valence-electron chi connectivity index (χ4n) is 1.07. The average molecular weight is 225 g/mol. The summed E-state index contributed by atoms with van der Waals surface area (Å²) in [4.78, 5) is 4.44. The van der Waals surface area contributed by atoms with E-state index in [1.807, 2.05) is 0 Å². The molecular formula is C10H9ClN2O2. The van der Waals surface area contributed by atoms with E-state index in [0.29, 0.717) is 10.6 Å². The third kappa shape index (κ3) is 2.69. The van der Waals surface area contributed by atoms with Crippen molar-refractivity contribution in [1.82, 2.24) is 0 Å². The lowest BCUT2D eigenvalue weighted by molar-refractivity contribution is 0.197. The summed E-state index contributed by atoms with van der Waals surface area (Å²) in [5.41, 5.74) is 0.294. The van der Waals surface area contributed by atoms with E-state index < -0.39 is 6.10 Å². The summed E-state index contributed by atoms with van der Waals surface area (Å²) in [6, 6.07) is 8.44. The zero-order chi connectivity index (χ0) is 11.3. The van der Waals surface area contributed by atoms with Gasteiger partial charge in [0.05, 0.1) is 0 Å². The van der Waals surface area contributed by atoms with Crippen molar-refractivity contribution in [2.45, 2.75) is 6.10 Å². The number of oxime groups is 1. The monoisotopic (exact) mass is 224 g/mol. The largest absolute Gasteiger partial charge is 0.398 e. The minimum absolute atomic E-state index is 0.134. The van der Waals surface area contributed by atoms with Crippen LogP contribution in [-0.4, -0.2) is 17.9 Å². The van der Waals surface area contributed by atoms with Crippen LogP contribution in [0.3, 0.4) is 0 Å². The fraction of sp³-hybridized carbons (Fsp3) is 0.200. The smallest absolute Gasteiger partial charge is 0.189 e. The van der Waals surface area contributed by atoms with E-state index >= 15 is 0 Å². The Balaban J connectivity index is 3.04. The summed E-state index contributed by atoms with van der Waals surface area (Å²) in [5, 5.41) is 22.3. The molecule has 5 heteroatoms. The lowest BCUT2D eigenvalue weighted by Gasteiger charge is -2.09. The Morgan fingerprint density at radius 3 is 2.80 bits per heavy atom. The van der Waals surface area contributed by atoms with Crippen LogP contribution < -0.4 is 0 Å². The number of benzene rings is 1. The van der Waals surface area contributed by atoms with Crippen LogP contribution in [-0.2, 0) is 4.84 Å². The number of hydrogen-bond acceptors (Lipinski definition) is 4. The van der Waals surface area contributed by atoms with Crippen molar-refractivity contribution in [3.8, 4) is 6.07 Å². The van der Waals surface area contributed by atoms with Crippen molar-refractivity contribution < 1.29 is 9.94 Å². The van der Waals surface area contributed by atoms with Gasteiger partial charge in [0.1, 0.15) is 19.3 Å². The van der Waals surface area contributed by atoms with Crippen LogP contribution in [0.15, 0.2) is 29.4 Å². The van der Waals surface area contributed by atoms with Gasteiger partial charge >= 0.3 is 0 Å². The number of halogens is 1. The molecule has 0 aromatic heterocycles. The summed E-state index contributed by atoms with van der Waals surface area (Å²) in [7, 11) is 1.30. The van der Waals surface area contributed by atoms with Crippen LogP contribution >= 0.6 is 11.6 Å². The molecule has 0 unspecified atom stereocenters. The molecule has 1 atom stereocenters. The van der Waals surface area contributed by atoms with Crippen LogP contribution in [0.1, 0.15) is 11.7 Å². The highest BCUT2D eigenvalue weighted by atomic mass is 35.5. The third-order valence-electron chi connectivity index (χ3n) is 1.76. The number of rotatable bonds is 3. The SMILES string of the molecule is CO/N=C(\C#N)[C@H](O)c1ccccc1Cl. The summed E-state index contributed by atoms with van der Waals surface area (Å²) in [6.07, 6.45) is -1.16. The topological polar surface area (TPSA) is 65.6 Å². The molecule has 4 nitrogen and oxygen atoms in total. The van der Waals surface area contributed by atoms with E-state index in [9.17, 15) is 5.11 Å². The lowest BCUT2D eigenvalue weighted by atomic mass is 10.1. The molecule has 0 radical (unpaired) electrons. The summed E-state index contributed by atoms with van der Waals surface area (Å²) < 4.78 is 0. The first-order valence-corrected chi connectivity index (χ1v) is 4.52. The maximum Gasteiger partial charge on any atom is 0.189 e. The maximum atomic E-state index is 9.77. The van der Waals surface area contributed by atoms with Crippen molar-refractivity contribution in [2.24, 2.45) is 5.16 Å². The van der Waals surface area contributed by atoms with Gasteiger partial charge in [0.15, 0.2) is 5.71 Å². The predicted molar refractivity (Wildman–Crippen MR) is 56.5 cm³/mol. The van der Waals surface area contributed by atoms with Crippen LogP contribution in [0.25, 0.3) is 0 Å². The molecular weight excluding hydrogens is 216 g/mol. The van der Waals surface area contributed by atoms with Gasteiger partial charge in [-0.15, -0.1) is 0 Å². The number of aliphatic hydroxyl groups excluding tert-OH is 1. The molecule has 1 aromatic rings. The number of nitriles is 1. The first kappa shape index (κ1) is 11.5. The molecule has 78 valence electrons. The molecule has 0 spiro atoms. The molecule has 15 heavy (non-hydrogen) atoms. The number of hydrogen-bond donors (Lipinski definition) is 1. The molecule has 0 aliphatic carbocycles. The lowest BCUT2D eigenvalue weighted by Crippen LogP contribution is -2.10. The Hall–Kier alpha value is -1.57. The van der Waals surface area contributed by atoms with Gasteiger partial charge in [-0.3, -0.25) is 0 Å². The predicted octanol–water partition coefficient (Wildman–Crippen LogP) is 1.90. The highest BCUT2D eigenvalue weighted by Gasteiger charge is 2.18. The highest BCUT2D eigenvalue weighted by Crippen LogP contribution is 2.23. The summed E-state index contributed by atoms with van der Waals surface area (Å²) in [5.74, 6) is 0. The van der Waals surface area contributed by atoms with Gasteiger partial charge in [-0.2, -0.15) is 5.26 Å². The van der Waals surface area contributed by atoms with Gasteiger partial charge in [-0.1, -0.05) is 35.0 Å². The van der Waals surface area contributed by atoms with Gasteiger partial charge in [-0.25, -0.2) is 0 Å². The van der Waals surface area contributed by atoms with Crippen molar-refractivity contribution >= 4 is 17.3 Å². The number of nitrogens with zero attached hydrogens (tertiary/aromatic N) is 2. The van der Waals surface area contributed by atoms with Gasteiger partial charge in [-0.05, 0) is 6.07 Å². The van der Waals surface area contributed by atoms with Crippen LogP contribution in [0.4, 0.5) is 0 Å². The molecule has 0 amide bonds. The van der Waals surface area contributed by atoms with E-state index in [1.54, 1.807) is 30.3 Å². The zero-order valence-electron chi connectivity index (χ0n) is 8.01. The van der Waals surface area contributed by atoms with Crippen LogP contribution in [0.2, 0.25) is 5.02 Å². The highest BCUT2D eigenvalue weighted by molar-refractivity contribution is 6.31. The quantitative estimate of drug-likeness (QED) is 0.630. The Morgan fingerprint density at radius 1 is 1.60 bits per heavy atom. The molecule has 1 N–H and O–H groups in total. The minimum atomic E-state index is -1.16. The average Bonchev–Trinajstić information content (AvgIpc) is 2.25. The Labute approximate surface area is 92.3 Å². The van der Waals surface area contributed by atoms with Gasteiger partial charge < -0.3 is 9.94 Å². The first-order valence-electron chi connectivity index (χ1n) is 4.14. The first-order chi connectivity index (χ1) is 7.20. The molecule has 0 aliphatic rings. The van der Waals surface area contributed by atoms with E-state index in [1.165, 1.54) is 7.11 Å². The van der Waals surface area contributed by atoms with Gasteiger partial charge in [0.2, 0.25) is 0 Å². The maximum absolute atomic E-state index is 9.77. The van der Waals surface area contributed by atoms with E-state index in [4.69, 9.17) is 16.9 Å². The normalized spacial score (nSPS) is 13.1. The molecule has 0 aliphatic heterocycles. The summed E-state index contributed by atoms with van der Waals surface area (Å²) in [6.45, 7) is 0. The molecule has 0 bridgehead atoms. The van der Waals surface area contributed by atoms with Crippen molar-refractivity contribution in [2.75, 3.05) is 7.11 Å². The molecule has 1 rings (SSSR count). The Morgan fingerprint density at radius 2 is 2.27 bits per heavy atom. The molecule has 0 heterocycles. The van der Waals surface area contributed by atoms with Crippen molar-refractivity contribution in [3.05, 3.63) is 34.9 Å². The second kappa shape index (κ2) is 5.35. The zero-order valence-corrected chi connectivity index (χ0v) is 8.77.